The average Bonchev–Trinajstić information content (AvgIpc) is 3.29. The van der Waals surface area contributed by atoms with Crippen LogP contribution in [0.3, 0.4) is 0 Å². The van der Waals surface area contributed by atoms with Gasteiger partial charge in [-0.2, -0.15) is 18.9 Å². The fourth-order valence-corrected chi connectivity index (χ4v) is 5.00. The molecule has 34 heavy (non-hydrogen) atoms. The molecule has 3 aromatic rings. The summed E-state index contributed by atoms with van der Waals surface area (Å²) in [6, 6.07) is 5.81. The largest absolute Gasteiger partial charge is 3.00 e. The van der Waals surface area contributed by atoms with E-state index >= 15 is 0 Å². The van der Waals surface area contributed by atoms with Crippen LogP contribution in [0.1, 0.15) is 36.5 Å². The molecule has 4 heteroatoms. The monoisotopic (exact) mass is 645 g/mol. The number of rotatable bonds is 4. The maximum Gasteiger partial charge on any atom is 3.00 e. The summed E-state index contributed by atoms with van der Waals surface area (Å²) in [5, 5.41) is 11.8. The first kappa shape index (κ1) is 19.4. The van der Waals surface area contributed by atoms with E-state index in [-0.39, 0.29) is 37.8 Å². The van der Waals surface area contributed by atoms with Crippen LogP contribution in [0.2, 0.25) is 0 Å². The molecule has 0 aliphatic heterocycles. The van der Waals surface area contributed by atoms with E-state index < -0.39 is 6.85 Å². The van der Waals surface area contributed by atoms with Crippen molar-refractivity contribution in [3.63, 3.8) is 0 Å². The standard InChI is InChI=1S/C19H16NS.C11H11N.Ir/c1-12-9-10-17(20-11-12)16-8-4-7-15-14-6-3-5-13(2)18(14)21-19(15)16;1-2-3-9-11(12)10-7-5-4-6-8-10;/h3,5-11H,4H2,1-2H3;2-5,7-9H,1,6H2;/q-1;-2;+3/b;9-3-;/i1D3,9D,10D;;. The summed E-state index contributed by atoms with van der Waals surface area (Å²) in [5.74, 6) is 0. The molecule has 0 saturated carbocycles. The van der Waals surface area contributed by atoms with E-state index in [0.29, 0.717) is 11.4 Å². The second-order valence-corrected chi connectivity index (χ2v) is 8.62. The van der Waals surface area contributed by atoms with E-state index in [0.717, 1.165) is 33.7 Å². The molecule has 2 aromatic heterocycles. The number of aryl methyl sites for hydroxylation is 2. The number of benzene rings is 1. The third-order valence-electron chi connectivity index (χ3n) is 5.30. The van der Waals surface area contributed by atoms with Crippen molar-refractivity contribution in [2.24, 2.45) is 0 Å². The minimum Gasteiger partial charge on any atom is -0.872 e. The summed E-state index contributed by atoms with van der Waals surface area (Å²) < 4.78 is 41.2. The number of hydrogen-bond donors (Lipinski definition) is 0. The molecular weight excluding hydrogens is 613 g/mol. The Morgan fingerprint density at radius 2 is 2.18 bits per heavy atom. The molecule has 5 rings (SSSR count). The van der Waals surface area contributed by atoms with Gasteiger partial charge in [0.25, 0.3) is 0 Å². The predicted octanol–water partition coefficient (Wildman–Crippen LogP) is 6.33. The maximum absolute atomic E-state index is 9.45. The molecule has 0 spiro atoms. The molecule has 0 unspecified atom stereocenters. The van der Waals surface area contributed by atoms with Crippen LogP contribution in [0, 0.1) is 26.6 Å². The minimum absolute atomic E-state index is 0. The number of thiophene rings is 1. The van der Waals surface area contributed by atoms with Gasteiger partial charge in [-0.3, -0.25) is 5.71 Å². The molecule has 1 aromatic carbocycles. The fourth-order valence-electron chi connectivity index (χ4n) is 3.69. The average molecular weight is 645 g/mol. The quantitative estimate of drug-likeness (QED) is 0.186. The van der Waals surface area contributed by atoms with E-state index in [4.69, 9.17) is 6.85 Å². The van der Waals surface area contributed by atoms with Gasteiger partial charge in [-0.05, 0) is 36.0 Å². The Labute approximate surface area is 226 Å². The molecule has 2 heterocycles. The van der Waals surface area contributed by atoms with Crippen LogP contribution in [-0.4, -0.2) is 10.7 Å². The zero-order chi connectivity index (χ0) is 27.4. The molecular formula is C30H27IrN2S. The summed E-state index contributed by atoms with van der Waals surface area (Å²) in [6.45, 7) is 3.16. The fraction of sp³-hybridized carbons (Fsp3) is 0.133. The Bertz CT molecular complexity index is 1630. The van der Waals surface area contributed by atoms with Crippen LogP contribution in [0.15, 0.2) is 85.1 Å². The van der Waals surface area contributed by atoms with Crippen molar-refractivity contribution in [2.75, 3.05) is 0 Å². The van der Waals surface area contributed by atoms with Gasteiger partial charge in [0.2, 0.25) is 0 Å². The molecule has 0 N–H and O–H groups in total. The molecule has 0 saturated heterocycles. The van der Waals surface area contributed by atoms with Crippen molar-refractivity contribution in [1.29, 1.82) is 0 Å². The number of pyridine rings is 1. The third kappa shape index (κ3) is 5.77. The van der Waals surface area contributed by atoms with E-state index in [2.05, 4.69) is 36.7 Å². The smallest absolute Gasteiger partial charge is 0.872 e. The predicted molar refractivity (Wildman–Crippen MR) is 145 cm³/mol. The molecule has 2 aliphatic carbocycles. The zero-order valence-electron chi connectivity index (χ0n) is 23.8. The van der Waals surface area contributed by atoms with Crippen LogP contribution in [0.4, 0.5) is 0 Å². The maximum atomic E-state index is 9.45. The van der Waals surface area contributed by atoms with Crippen molar-refractivity contribution >= 4 is 38.8 Å². The minimum atomic E-state index is -2.44. The first-order chi connectivity index (χ1) is 18.1. The van der Waals surface area contributed by atoms with Crippen molar-refractivity contribution in [3.05, 3.63) is 130 Å². The van der Waals surface area contributed by atoms with Crippen LogP contribution in [0.25, 0.3) is 27.1 Å². The molecule has 2 nitrogen and oxygen atoms in total. The summed E-state index contributed by atoms with van der Waals surface area (Å²) in [4.78, 5) is 4.28. The van der Waals surface area contributed by atoms with Crippen molar-refractivity contribution in [3.8, 4) is 0 Å². The van der Waals surface area contributed by atoms with Crippen molar-refractivity contribution < 1.29 is 27.0 Å². The van der Waals surface area contributed by atoms with Gasteiger partial charge in [0.05, 0.1) is 2.74 Å². The first-order valence-electron chi connectivity index (χ1n) is 13.2. The Hall–Kier alpha value is -2.91. The summed E-state index contributed by atoms with van der Waals surface area (Å²) in [6.07, 6.45) is 19.8. The Morgan fingerprint density at radius 1 is 1.29 bits per heavy atom. The topological polar surface area (TPSA) is 35.2 Å². The molecule has 0 bridgehead atoms. The molecule has 0 atom stereocenters. The number of hydrogen-bond acceptors (Lipinski definition) is 2. The SMILES string of the molecule is C=C/C=C\C(=[N-])C1=CC=CC[CH-]1.[2H]c1c(C([2H])([2H])[2H])cnc(C2=c3sc4c(C)cccc4c3=CC[CH-]2)c1[2H].[Ir+3]. The van der Waals surface area contributed by atoms with E-state index in [1.54, 1.807) is 29.6 Å². The number of aromatic nitrogens is 1. The van der Waals surface area contributed by atoms with Gasteiger partial charge in [0.1, 0.15) is 0 Å². The van der Waals surface area contributed by atoms with Gasteiger partial charge < -0.3 is 10.4 Å². The van der Waals surface area contributed by atoms with Crippen LogP contribution >= 0.6 is 11.3 Å². The van der Waals surface area contributed by atoms with Crippen LogP contribution in [0.5, 0.6) is 0 Å². The first-order valence-corrected chi connectivity index (χ1v) is 11.5. The second kappa shape index (κ2) is 12.0. The van der Waals surface area contributed by atoms with Gasteiger partial charge in [-0.1, -0.05) is 77.7 Å². The van der Waals surface area contributed by atoms with Gasteiger partial charge >= 0.3 is 20.1 Å². The Kier molecular flexibility index (Phi) is 6.84. The summed E-state index contributed by atoms with van der Waals surface area (Å²) in [5.41, 5.74) is 3.38. The Balaban J connectivity index is 0.000000274. The summed E-state index contributed by atoms with van der Waals surface area (Å²) >= 11 is 1.66. The van der Waals surface area contributed by atoms with Crippen LogP contribution < -0.4 is 9.75 Å². The number of nitrogens with zero attached hydrogens (tertiary/aromatic N) is 2. The van der Waals surface area contributed by atoms with E-state index in [9.17, 15) is 5.41 Å². The van der Waals surface area contributed by atoms with E-state index in [1.165, 1.54) is 21.8 Å². The van der Waals surface area contributed by atoms with Gasteiger partial charge in [-0.25, -0.2) is 16.9 Å². The van der Waals surface area contributed by atoms with Gasteiger partial charge in [0, 0.05) is 15.0 Å². The number of allylic oxidation sites excluding steroid dienone is 7. The molecule has 0 radical (unpaired) electrons. The van der Waals surface area contributed by atoms with E-state index in [1.807, 2.05) is 37.1 Å². The molecule has 0 fully saturated rings. The molecule has 172 valence electrons. The molecule has 2 aliphatic rings. The van der Waals surface area contributed by atoms with Gasteiger partial charge in [0.15, 0.2) is 0 Å². The Morgan fingerprint density at radius 3 is 2.94 bits per heavy atom. The second-order valence-electron chi connectivity index (χ2n) is 7.59. The number of fused-ring (bicyclic) bond motifs is 3. The normalized spacial score (nSPS) is 16.4. The van der Waals surface area contributed by atoms with Crippen molar-refractivity contribution in [1.82, 2.24) is 4.98 Å². The molecule has 0 amide bonds. The van der Waals surface area contributed by atoms with Gasteiger partial charge in [-0.15, -0.1) is 23.8 Å². The summed E-state index contributed by atoms with van der Waals surface area (Å²) in [7, 11) is 0. The zero-order valence-corrected chi connectivity index (χ0v) is 22.0. The third-order valence-corrected chi connectivity index (χ3v) is 6.69. The van der Waals surface area contributed by atoms with Crippen molar-refractivity contribution in [2.45, 2.75) is 26.6 Å². The van der Waals surface area contributed by atoms with Crippen LogP contribution in [-0.2, 0) is 20.1 Å².